The maximum atomic E-state index is 12.7. The van der Waals surface area contributed by atoms with E-state index in [9.17, 15) is 4.79 Å². The summed E-state index contributed by atoms with van der Waals surface area (Å²) in [5.41, 5.74) is 4.50. The number of benzene rings is 1. The Bertz CT molecular complexity index is 729. The molecule has 1 saturated carbocycles. The Hall–Kier alpha value is -1.88. The van der Waals surface area contributed by atoms with Crippen molar-refractivity contribution >= 4 is 17.3 Å². The highest BCUT2D eigenvalue weighted by atomic mass is 16.2. The zero-order valence-corrected chi connectivity index (χ0v) is 15.3. The van der Waals surface area contributed by atoms with Gasteiger partial charge in [-0.25, -0.2) is 0 Å². The molecule has 4 rings (SSSR count). The predicted octanol–water partition coefficient (Wildman–Crippen LogP) is 1.95. The van der Waals surface area contributed by atoms with Crippen molar-refractivity contribution in [3.05, 3.63) is 28.8 Å². The number of nitrogens with one attached hydrogen (secondary N) is 4. The molecule has 2 fully saturated rings. The second-order valence-corrected chi connectivity index (χ2v) is 8.23. The molecule has 3 aliphatic rings. The number of anilines is 1. The molecule has 5 heteroatoms. The number of carbonyl (C=O) groups excluding carboxylic acids is 1. The van der Waals surface area contributed by atoms with Crippen LogP contribution in [0.15, 0.2) is 12.1 Å². The van der Waals surface area contributed by atoms with Gasteiger partial charge in [-0.2, -0.15) is 0 Å². The zero-order valence-electron chi connectivity index (χ0n) is 15.3. The molecule has 1 aromatic rings. The van der Waals surface area contributed by atoms with E-state index in [1.54, 1.807) is 0 Å². The number of amides is 1. The van der Waals surface area contributed by atoms with Crippen molar-refractivity contribution in [1.29, 1.82) is 5.41 Å². The number of aryl methyl sites for hydroxylation is 1. The second-order valence-electron chi connectivity index (χ2n) is 8.23. The molecule has 1 aliphatic heterocycles. The van der Waals surface area contributed by atoms with Crippen molar-refractivity contribution in [3.8, 4) is 0 Å². The van der Waals surface area contributed by atoms with Crippen LogP contribution in [0.4, 0.5) is 5.69 Å². The van der Waals surface area contributed by atoms with Crippen LogP contribution < -0.4 is 16.0 Å². The van der Waals surface area contributed by atoms with E-state index in [1.165, 1.54) is 17.5 Å². The molecular weight excluding hydrogens is 312 g/mol. The Morgan fingerprint density at radius 1 is 1.24 bits per heavy atom. The Morgan fingerprint density at radius 2 is 1.96 bits per heavy atom. The molecule has 1 aromatic carbocycles. The number of piperidine rings is 1. The fraction of sp³-hybridized carbons (Fsp3) is 0.600. The van der Waals surface area contributed by atoms with Gasteiger partial charge in [-0.05, 0) is 69.2 Å². The van der Waals surface area contributed by atoms with E-state index in [2.05, 4.69) is 22.0 Å². The van der Waals surface area contributed by atoms with E-state index in [0.29, 0.717) is 17.5 Å². The molecule has 0 aromatic heterocycles. The molecule has 1 heterocycles. The highest BCUT2D eigenvalue weighted by Crippen LogP contribution is 2.48. The Kier molecular flexibility index (Phi) is 3.87. The third kappa shape index (κ3) is 2.65. The van der Waals surface area contributed by atoms with Gasteiger partial charge in [0.05, 0.1) is 11.3 Å². The van der Waals surface area contributed by atoms with Gasteiger partial charge in [0.1, 0.15) is 0 Å². The van der Waals surface area contributed by atoms with Gasteiger partial charge in [-0.3, -0.25) is 4.79 Å². The van der Waals surface area contributed by atoms with E-state index < -0.39 is 5.54 Å². The maximum absolute atomic E-state index is 12.7. The lowest BCUT2D eigenvalue weighted by Crippen LogP contribution is -2.51. The molecule has 5 nitrogen and oxygen atoms in total. The first-order chi connectivity index (χ1) is 11.9. The Labute approximate surface area is 149 Å². The van der Waals surface area contributed by atoms with Crippen LogP contribution in [0.3, 0.4) is 0 Å². The van der Waals surface area contributed by atoms with Crippen LogP contribution in [0.2, 0.25) is 0 Å². The molecule has 3 atom stereocenters. The summed E-state index contributed by atoms with van der Waals surface area (Å²) in [6.45, 7) is 5.79. The highest BCUT2D eigenvalue weighted by Gasteiger charge is 2.57. The van der Waals surface area contributed by atoms with Crippen LogP contribution in [0.25, 0.3) is 0 Å². The van der Waals surface area contributed by atoms with Crippen LogP contribution in [0.1, 0.15) is 37.0 Å². The Balaban J connectivity index is 1.54. The number of hydrogen-bond donors (Lipinski definition) is 4. The van der Waals surface area contributed by atoms with E-state index in [4.69, 9.17) is 5.41 Å². The average molecular weight is 340 g/mol. The molecule has 0 bridgehead atoms. The van der Waals surface area contributed by atoms with Crippen molar-refractivity contribution in [2.45, 2.75) is 38.6 Å². The average Bonchev–Trinajstić information content (AvgIpc) is 2.95. The fourth-order valence-electron chi connectivity index (χ4n) is 4.76. The third-order valence-electron chi connectivity index (χ3n) is 6.26. The summed E-state index contributed by atoms with van der Waals surface area (Å²) in [5.74, 6) is 1.24. The zero-order chi connectivity index (χ0) is 17.8. The SMILES string of the molecule is CNc1c(C(=N)C(C)(C)NC(=O)[C@H]2[C@@H]3CNC[C@@H]32)ccc2c1CCC2. The van der Waals surface area contributed by atoms with Gasteiger partial charge in [0.15, 0.2) is 0 Å². The summed E-state index contributed by atoms with van der Waals surface area (Å²) in [4.78, 5) is 12.7. The molecule has 4 N–H and O–H groups in total. The standard InChI is InChI=1S/C20H28N4O/c1-20(2,24-19(25)16-14-9-23-10-15(14)16)18(21)13-8-7-11-5-4-6-12(11)17(13)22-3/h7-8,14-16,21-23H,4-6,9-10H2,1-3H3,(H,24,25)/t14-,15+,16+. The van der Waals surface area contributed by atoms with Crippen LogP contribution in [-0.4, -0.2) is 37.3 Å². The minimum Gasteiger partial charge on any atom is -0.387 e. The van der Waals surface area contributed by atoms with E-state index in [0.717, 1.165) is 37.2 Å². The number of hydrogen-bond acceptors (Lipinski definition) is 4. The van der Waals surface area contributed by atoms with Crippen molar-refractivity contribution in [1.82, 2.24) is 10.6 Å². The summed E-state index contributed by atoms with van der Waals surface area (Å²) in [5, 5.41) is 18.6. The first-order valence-electron chi connectivity index (χ1n) is 9.38. The fourth-order valence-corrected chi connectivity index (χ4v) is 4.76. The lowest BCUT2D eigenvalue weighted by atomic mass is 9.88. The summed E-state index contributed by atoms with van der Waals surface area (Å²) in [6.07, 6.45) is 3.37. The van der Waals surface area contributed by atoms with E-state index in [1.807, 2.05) is 27.0 Å². The molecule has 0 radical (unpaired) electrons. The normalized spacial score (nSPS) is 26.8. The first kappa shape index (κ1) is 16.6. The largest absolute Gasteiger partial charge is 0.387 e. The molecular formula is C20H28N4O. The molecule has 1 saturated heterocycles. The Morgan fingerprint density at radius 3 is 2.64 bits per heavy atom. The summed E-state index contributed by atoms with van der Waals surface area (Å²) >= 11 is 0. The number of fused-ring (bicyclic) bond motifs is 2. The lowest BCUT2D eigenvalue weighted by molar-refractivity contribution is -0.124. The van der Waals surface area contributed by atoms with Gasteiger partial charge >= 0.3 is 0 Å². The topological polar surface area (TPSA) is 77.0 Å². The quantitative estimate of drug-likeness (QED) is 0.619. The van der Waals surface area contributed by atoms with Crippen LogP contribution in [-0.2, 0) is 17.6 Å². The van der Waals surface area contributed by atoms with Gasteiger partial charge in [0.25, 0.3) is 0 Å². The molecule has 134 valence electrons. The summed E-state index contributed by atoms with van der Waals surface area (Å²) in [7, 11) is 1.93. The van der Waals surface area contributed by atoms with Crippen molar-refractivity contribution < 1.29 is 4.79 Å². The number of carbonyl (C=O) groups is 1. The minimum atomic E-state index is -0.681. The monoisotopic (exact) mass is 340 g/mol. The smallest absolute Gasteiger partial charge is 0.224 e. The molecule has 25 heavy (non-hydrogen) atoms. The van der Waals surface area contributed by atoms with Gasteiger partial charge in [-0.1, -0.05) is 12.1 Å². The van der Waals surface area contributed by atoms with E-state index >= 15 is 0 Å². The second kappa shape index (κ2) is 5.84. The van der Waals surface area contributed by atoms with Gasteiger partial charge in [0.2, 0.25) is 5.91 Å². The molecule has 0 unspecified atom stereocenters. The lowest BCUT2D eigenvalue weighted by Gasteiger charge is -2.29. The van der Waals surface area contributed by atoms with Gasteiger partial charge in [0, 0.05) is 24.2 Å². The van der Waals surface area contributed by atoms with Crippen LogP contribution in [0.5, 0.6) is 0 Å². The molecule has 1 amide bonds. The van der Waals surface area contributed by atoms with E-state index in [-0.39, 0.29) is 11.8 Å². The van der Waals surface area contributed by atoms with Gasteiger partial charge < -0.3 is 21.4 Å². The van der Waals surface area contributed by atoms with Crippen LogP contribution in [0, 0.1) is 23.2 Å². The van der Waals surface area contributed by atoms with Crippen LogP contribution >= 0.6 is 0 Å². The summed E-state index contributed by atoms with van der Waals surface area (Å²) in [6, 6.07) is 4.20. The minimum absolute atomic E-state index is 0.110. The maximum Gasteiger partial charge on any atom is 0.224 e. The number of rotatable bonds is 5. The highest BCUT2D eigenvalue weighted by molar-refractivity contribution is 6.10. The third-order valence-corrected chi connectivity index (χ3v) is 6.26. The first-order valence-corrected chi connectivity index (χ1v) is 9.38. The summed E-state index contributed by atoms with van der Waals surface area (Å²) < 4.78 is 0. The van der Waals surface area contributed by atoms with Gasteiger partial charge in [-0.15, -0.1) is 0 Å². The van der Waals surface area contributed by atoms with Crippen molar-refractivity contribution in [2.75, 3.05) is 25.5 Å². The van der Waals surface area contributed by atoms with Crippen molar-refractivity contribution in [2.24, 2.45) is 17.8 Å². The van der Waals surface area contributed by atoms with Crippen molar-refractivity contribution in [3.63, 3.8) is 0 Å². The molecule has 0 spiro atoms. The predicted molar refractivity (Wildman–Crippen MR) is 100 cm³/mol. The molecule has 2 aliphatic carbocycles.